The summed E-state index contributed by atoms with van der Waals surface area (Å²) in [4.78, 5) is 33.2. The third kappa shape index (κ3) is 5.87. The number of nitrogens with zero attached hydrogens (tertiary/aromatic N) is 3. The number of hydrogen-bond donors (Lipinski definition) is 1. The highest BCUT2D eigenvalue weighted by atomic mass is 16.5. The van der Waals surface area contributed by atoms with E-state index < -0.39 is 5.97 Å². The van der Waals surface area contributed by atoms with E-state index >= 15 is 0 Å². The SMILES string of the molecule is CCN(CCNC(=O)COC(=O)c1cnccn1)c1cccc(C)c1. The van der Waals surface area contributed by atoms with Crippen LogP contribution in [0.4, 0.5) is 5.69 Å². The van der Waals surface area contributed by atoms with Gasteiger partial charge in [-0.2, -0.15) is 0 Å². The Balaban J connectivity index is 1.73. The van der Waals surface area contributed by atoms with E-state index in [-0.39, 0.29) is 18.2 Å². The van der Waals surface area contributed by atoms with Crippen LogP contribution in [0.15, 0.2) is 42.9 Å². The fourth-order valence-electron chi connectivity index (χ4n) is 2.29. The molecular formula is C18H22N4O3. The molecule has 0 fully saturated rings. The fraction of sp³-hybridized carbons (Fsp3) is 0.333. The van der Waals surface area contributed by atoms with Crippen LogP contribution in [-0.4, -0.2) is 48.1 Å². The Morgan fingerprint density at radius 2 is 2.12 bits per heavy atom. The predicted octanol–water partition coefficient (Wildman–Crippen LogP) is 1.58. The Hall–Kier alpha value is -2.96. The van der Waals surface area contributed by atoms with Crippen LogP contribution in [0.2, 0.25) is 0 Å². The zero-order valence-corrected chi connectivity index (χ0v) is 14.4. The van der Waals surface area contributed by atoms with Crippen molar-refractivity contribution in [3.05, 3.63) is 54.1 Å². The van der Waals surface area contributed by atoms with Crippen molar-refractivity contribution in [1.29, 1.82) is 0 Å². The molecule has 0 aliphatic carbocycles. The molecule has 0 unspecified atom stereocenters. The van der Waals surface area contributed by atoms with Gasteiger partial charge in [0.1, 0.15) is 0 Å². The molecule has 0 bridgehead atoms. The molecule has 0 aliphatic heterocycles. The first-order valence-electron chi connectivity index (χ1n) is 8.11. The number of likely N-dealkylation sites (N-methyl/N-ethyl adjacent to an activating group) is 1. The second-order valence-corrected chi connectivity index (χ2v) is 5.44. The van der Waals surface area contributed by atoms with Crippen molar-refractivity contribution >= 4 is 17.6 Å². The smallest absolute Gasteiger partial charge is 0.359 e. The second kappa shape index (κ2) is 9.36. The quantitative estimate of drug-likeness (QED) is 0.733. The summed E-state index contributed by atoms with van der Waals surface area (Å²) in [5.41, 5.74) is 2.38. The van der Waals surface area contributed by atoms with Gasteiger partial charge in [-0.3, -0.25) is 9.78 Å². The van der Waals surface area contributed by atoms with Crippen LogP contribution in [0.25, 0.3) is 0 Å². The number of ether oxygens (including phenoxy) is 1. The number of hydrogen-bond acceptors (Lipinski definition) is 6. The van der Waals surface area contributed by atoms with Crippen LogP contribution >= 0.6 is 0 Å². The summed E-state index contributed by atoms with van der Waals surface area (Å²) < 4.78 is 4.91. The maximum absolute atomic E-state index is 11.8. The lowest BCUT2D eigenvalue weighted by Gasteiger charge is -2.23. The first-order chi connectivity index (χ1) is 12.1. The molecular weight excluding hydrogens is 320 g/mol. The molecule has 1 N–H and O–H groups in total. The summed E-state index contributed by atoms with van der Waals surface area (Å²) in [7, 11) is 0. The molecule has 7 heteroatoms. The van der Waals surface area contributed by atoms with Gasteiger partial charge in [-0.15, -0.1) is 0 Å². The van der Waals surface area contributed by atoms with Crippen molar-refractivity contribution in [1.82, 2.24) is 15.3 Å². The van der Waals surface area contributed by atoms with Crippen LogP contribution in [0, 0.1) is 6.92 Å². The molecule has 1 amide bonds. The van der Waals surface area contributed by atoms with Crippen LogP contribution in [0.1, 0.15) is 23.0 Å². The van der Waals surface area contributed by atoms with E-state index in [1.54, 1.807) is 0 Å². The molecule has 2 aromatic rings. The fourth-order valence-corrected chi connectivity index (χ4v) is 2.29. The lowest BCUT2D eigenvalue weighted by Crippen LogP contribution is -2.37. The molecule has 2 rings (SSSR count). The number of anilines is 1. The van der Waals surface area contributed by atoms with E-state index in [0.717, 1.165) is 12.2 Å². The Morgan fingerprint density at radius 1 is 1.28 bits per heavy atom. The minimum atomic E-state index is -0.668. The van der Waals surface area contributed by atoms with Crippen molar-refractivity contribution in [2.75, 3.05) is 31.1 Å². The van der Waals surface area contributed by atoms with Gasteiger partial charge >= 0.3 is 5.97 Å². The Labute approximate surface area is 147 Å². The molecule has 0 saturated heterocycles. The van der Waals surface area contributed by atoms with Crippen molar-refractivity contribution in [3.8, 4) is 0 Å². The largest absolute Gasteiger partial charge is 0.451 e. The number of rotatable bonds is 8. The average Bonchev–Trinajstić information content (AvgIpc) is 2.64. The zero-order valence-electron chi connectivity index (χ0n) is 14.4. The highest BCUT2D eigenvalue weighted by Crippen LogP contribution is 2.14. The molecule has 25 heavy (non-hydrogen) atoms. The van der Waals surface area contributed by atoms with Crippen LogP contribution < -0.4 is 10.2 Å². The number of esters is 1. The molecule has 1 heterocycles. The van der Waals surface area contributed by atoms with E-state index in [1.807, 2.05) is 25.1 Å². The molecule has 7 nitrogen and oxygen atoms in total. The van der Waals surface area contributed by atoms with Crippen LogP contribution in [-0.2, 0) is 9.53 Å². The average molecular weight is 342 g/mol. The van der Waals surface area contributed by atoms with Crippen molar-refractivity contribution in [3.63, 3.8) is 0 Å². The van der Waals surface area contributed by atoms with Gasteiger partial charge in [0.25, 0.3) is 5.91 Å². The lowest BCUT2D eigenvalue weighted by molar-refractivity contribution is -0.124. The number of benzene rings is 1. The Kier molecular flexibility index (Phi) is 6.88. The number of amides is 1. The van der Waals surface area contributed by atoms with Gasteiger partial charge in [0, 0.05) is 37.7 Å². The summed E-state index contributed by atoms with van der Waals surface area (Å²) >= 11 is 0. The summed E-state index contributed by atoms with van der Waals surface area (Å²) in [5.74, 6) is -1.02. The highest BCUT2D eigenvalue weighted by Gasteiger charge is 2.11. The summed E-state index contributed by atoms with van der Waals surface area (Å²) in [6.07, 6.45) is 4.14. The highest BCUT2D eigenvalue weighted by molar-refractivity contribution is 5.89. The van der Waals surface area contributed by atoms with Crippen molar-refractivity contribution in [2.45, 2.75) is 13.8 Å². The van der Waals surface area contributed by atoms with Crippen molar-refractivity contribution < 1.29 is 14.3 Å². The second-order valence-electron chi connectivity index (χ2n) is 5.44. The molecule has 0 aliphatic rings. The van der Waals surface area contributed by atoms with Gasteiger partial charge in [0.15, 0.2) is 12.3 Å². The van der Waals surface area contributed by atoms with Gasteiger partial charge in [-0.05, 0) is 31.5 Å². The number of nitrogens with one attached hydrogen (secondary N) is 1. The monoisotopic (exact) mass is 342 g/mol. The molecule has 1 aromatic heterocycles. The Bertz CT molecular complexity index is 706. The third-order valence-corrected chi connectivity index (χ3v) is 3.56. The normalized spacial score (nSPS) is 10.2. The van der Waals surface area contributed by atoms with Gasteiger partial charge < -0.3 is 15.0 Å². The summed E-state index contributed by atoms with van der Waals surface area (Å²) in [6.45, 7) is 5.73. The first kappa shape index (κ1) is 18.4. The van der Waals surface area contributed by atoms with E-state index in [0.29, 0.717) is 13.1 Å². The van der Waals surface area contributed by atoms with E-state index in [4.69, 9.17) is 4.74 Å². The molecule has 0 spiro atoms. The number of aryl methyl sites for hydroxylation is 1. The Morgan fingerprint density at radius 3 is 2.80 bits per heavy atom. The lowest BCUT2D eigenvalue weighted by atomic mass is 10.2. The number of carbonyl (C=O) groups excluding carboxylic acids is 2. The van der Waals surface area contributed by atoms with E-state index in [1.165, 1.54) is 24.2 Å². The summed E-state index contributed by atoms with van der Waals surface area (Å²) in [5, 5.41) is 2.74. The standard InChI is InChI=1S/C18H22N4O3/c1-3-22(15-6-4-5-14(2)11-15)10-9-21-17(23)13-25-18(24)16-12-19-7-8-20-16/h4-8,11-12H,3,9-10,13H2,1-2H3,(H,21,23). The molecule has 132 valence electrons. The molecule has 0 atom stereocenters. The maximum atomic E-state index is 11.8. The first-order valence-corrected chi connectivity index (χ1v) is 8.11. The van der Waals surface area contributed by atoms with Gasteiger partial charge in [0.2, 0.25) is 0 Å². The third-order valence-electron chi connectivity index (χ3n) is 3.56. The number of carbonyl (C=O) groups is 2. The topological polar surface area (TPSA) is 84.4 Å². The zero-order chi connectivity index (χ0) is 18.1. The van der Waals surface area contributed by atoms with E-state index in [9.17, 15) is 9.59 Å². The van der Waals surface area contributed by atoms with Crippen LogP contribution in [0.3, 0.4) is 0 Å². The van der Waals surface area contributed by atoms with Gasteiger partial charge in [-0.1, -0.05) is 12.1 Å². The minimum Gasteiger partial charge on any atom is -0.451 e. The van der Waals surface area contributed by atoms with E-state index in [2.05, 4.69) is 33.2 Å². The summed E-state index contributed by atoms with van der Waals surface area (Å²) in [6, 6.07) is 8.21. The van der Waals surface area contributed by atoms with Crippen molar-refractivity contribution in [2.24, 2.45) is 0 Å². The minimum absolute atomic E-state index is 0.0758. The predicted molar refractivity (Wildman–Crippen MR) is 94.4 cm³/mol. The van der Waals surface area contributed by atoms with Gasteiger partial charge in [-0.25, -0.2) is 9.78 Å². The van der Waals surface area contributed by atoms with Crippen LogP contribution in [0.5, 0.6) is 0 Å². The number of aromatic nitrogens is 2. The molecule has 1 aromatic carbocycles. The maximum Gasteiger partial charge on any atom is 0.359 e. The van der Waals surface area contributed by atoms with Gasteiger partial charge in [0.05, 0.1) is 6.20 Å². The molecule has 0 radical (unpaired) electrons. The molecule has 0 saturated carbocycles.